The molecule has 0 fully saturated rings. The SMILES string of the molecule is COCC(N)C(=O)N(C)C(C)c1sc(C(C)C)nc1C. The summed E-state index contributed by atoms with van der Waals surface area (Å²) >= 11 is 1.67. The van der Waals surface area contributed by atoms with Crippen LogP contribution in [0, 0.1) is 6.92 Å². The maximum Gasteiger partial charge on any atom is 0.242 e. The van der Waals surface area contributed by atoms with Crippen molar-refractivity contribution < 1.29 is 9.53 Å². The smallest absolute Gasteiger partial charge is 0.242 e. The maximum atomic E-state index is 12.2. The summed E-state index contributed by atoms with van der Waals surface area (Å²) in [5.74, 6) is 0.287. The first-order valence-electron chi connectivity index (χ1n) is 6.78. The largest absolute Gasteiger partial charge is 0.383 e. The van der Waals surface area contributed by atoms with Crippen LogP contribution < -0.4 is 5.73 Å². The Bertz CT molecular complexity index is 459. The number of carbonyl (C=O) groups is 1. The predicted molar refractivity (Wildman–Crippen MR) is 82.0 cm³/mol. The molecule has 0 aliphatic rings. The highest BCUT2D eigenvalue weighted by atomic mass is 32.1. The lowest BCUT2D eigenvalue weighted by atomic mass is 10.2. The summed E-state index contributed by atoms with van der Waals surface area (Å²) in [7, 11) is 3.32. The van der Waals surface area contributed by atoms with E-state index in [0.717, 1.165) is 15.6 Å². The van der Waals surface area contributed by atoms with Gasteiger partial charge in [0, 0.05) is 25.0 Å². The van der Waals surface area contributed by atoms with E-state index in [2.05, 4.69) is 18.8 Å². The molecule has 1 aromatic heterocycles. The van der Waals surface area contributed by atoms with Gasteiger partial charge in [-0.05, 0) is 13.8 Å². The molecule has 5 nitrogen and oxygen atoms in total. The Morgan fingerprint density at radius 1 is 1.45 bits per heavy atom. The van der Waals surface area contributed by atoms with Gasteiger partial charge in [0.25, 0.3) is 0 Å². The molecule has 1 amide bonds. The van der Waals surface area contributed by atoms with Crippen LogP contribution in [0.3, 0.4) is 0 Å². The number of aryl methyl sites for hydroxylation is 1. The Labute approximate surface area is 125 Å². The molecule has 2 unspecified atom stereocenters. The number of ether oxygens (including phenoxy) is 1. The van der Waals surface area contributed by atoms with E-state index in [1.165, 1.54) is 0 Å². The molecule has 1 aromatic rings. The van der Waals surface area contributed by atoms with Crippen LogP contribution in [0.5, 0.6) is 0 Å². The van der Waals surface area contributed by atoms with Crippen LogP contribution in [-0.2, 0) is 9.53 Å². The third-order valence-electron chi connectivity index (χ3n) is 3.31. The number of amides is 1. The van der Waals surface area contributed by atoms with Crippen molar-refractivity contribution in [3.63, 3.8) is 0 Å². The summed E-state index contributed by atoms with van der Waals surface area (Å²) in [5.41, 5.74) is 6.80. The molecule has 0 saturated carbocycles. The van der Waals surface area contributed by atoms with Crippen molar-refractivity contribution in [3.8, 4) is 0 Å². The normalized spacial score (nSPS) is 14.4. The number of methoxy groups -OCH3 is 1. The number of hydrogen-bond acceptors (Lipinski definition) is 5. The van der Waals surface area contributed by atoms with E-state index in [1.807, 2.05) is 13.8 Å². The molecule has 0 aromatic carbocycles. The van der Waals surface area contributed by atoms with Crippen molar-refractivity contribution in [1.82, 2.24) is 9.88 Å². The summed E-state index contributed by atoms with van der Waals surface area (Å²) in [5, 5.41) is 1.10. The second-order valence-electron chi connectivity index (χ2n) is 5.34. The van der Waals surface area contributed by atoms with Crippen LogP contribution >= 0.6 is 11.3 Å². The average molecular weight is 299 g/mol. The Kier molecular flexibility index (Phi) is 6.10. The summed E-state index contributed by atoms with van der Waals surface area (Å²) in [6.07, 6.45) is 0. The number of likely N-dealkylation sites (N-methyl/N-ethyl adjacent to an activating group) is 1. The standard InChI is InChI=1S/C14H25N3O2S/c1-8(2)13-16-9(3)12(20-13)10(4)17(5)14(18)11(15)7-19-6/h8,10-11H,7,15H2,1-6H3. The van der Waals surface area contributed by atoms with E-state index in [0.29, 0.717) is 5.92 Å². The quantitative estimate of drug-likeness (QED) is 0.873. The van der Waals surface area contributed by atoms with E-state index in [-0.39, 0.29) is 18.6 Å². The molecular formula is C14H25N3O2S. The van der Waals surface area contributed by atoms with Crippen LogP contribution in [-0.4, -0.2) is 42.6 Å². The van der Waals surface area contributed by atoms with Crippen LogP contribution in [0.15, 0.2) is 0 Å². The molecular weight excluding hydrogens is 274 g/mol. The van der Waals surface area contributed by atoms with Crippen LogP contribution in [0.25, 0.3) is 0 Å². The van der Waals surface area contributed by atoms with Gasteiger partial charge in [0.2, 0.25) is 5.91 Å². The zero-order valence-corrected chi connectivity index (χ0v) is 14.0. The number of nitrogens with zero attached hydrogens (tertiary/aromatic N) is 2. The first-order valence-corrected chi connectivity index (χ1v) is 7.59. The molecule has 2 N–H and O–H groups in total. The van der Waals surface area contributed by atoms with Crippen LogP contribution in [0.4, 0.5) is 0 Å². The van der Waals surface area contributed by atoms with Gasteiger partial charge in [-0.25, -0.2) is 4.98 Å². The number of carbonyl (C=O) groups excluding carboxylic acids is 1. The second-order valence-corrected chi connectivity index (χ2v) is 6.41. The van der Waals surface area contributed by atoms with E-state index >= 15 is 0 Å². The molecule has 0 bridgehead atoms. The van der Waals surface area contributed by atoms with Gasteiger partial charge in [-0.1, -0.05) is 13.8 Å². The number of nitrogens with two attached hydrogens (primary N) is 1. The molecule has 0 radical (unpaired) electrons. The van der Waals surface area contributed by atoms with Crippen molar-refractivity contribution in [3.05, 3.63) is 15.6 Å². The predicted octanol–water partition coefficient (Wildman–Crippen LogP) is 2.07. The monoisotopic (exact) mass is 299 g/mol. The Morgan fingerprint density at radius 3 is 2.50 bits per heavy atom. The Balaban J connectivity index is 2.88. The zero-order valence-electron chi connectivity index (χ0n) is 13.1. The van der Waals surface area contributed by atoms with Gasteiger partial charge in [0.15, 0.2) is 0 Å². The number of aromatic nitrogens is 1. The number of rotatable bonds is 6. The maximum absolute atomic E-state index is 12.2. The van der Waals surface area contributed by atoms with E-state index < -0.39 is 6.04 Å². The van der Waals surface area contributed by atoms with E-state index in [1.54, 1.807) is 30.4 Å². The van der Waals surface area contributed by atoms with Crippen LogP contribution in [0.2, 0.25) is 0 Å². The highest BCUT2D eigenvalue weighted by Crippen LogP contribution is 2.31. The minimum absolute atomic E-state index is 0.0320. The topological polar surface area (TPSA) is 68.5 Å². The van der Waals surface area contributed by atoms with Crippen molar-refractivity contribution in [2.75, 3.05) is 20.8 Å². The lowest BCUT2D eigenvalue weighted by molar-refractivity contribution is -0.134. The minimum atomic E-state index is -0.620. The summed E-state index contributed by atoms with van der Waals surface area (Å²) in [4.78, 5) is 19.6. The number of thiazole rings is 1. The molecule has 2 atom stereocenters. The molecule has 1 heterocycles. The summed E-state index contributed by atoms with van der Waals surface area (Å²) < 4.78 is 4.94. The fourth-order valence-electron chi connectivity index (χ4n) is 1.94. The lowest BCUT2D eigenvalue weighted by Gasteiger charge is -2.27. The Hall–Kier alpha value is -0.980. The van der Waals surface area contributed by atoms with Crippen molar-refractivity contribution >= 4 is 17.2 Å². The van der Waals surface area contributed by atoms with Crippen LogP contribution in [0.1, 0.15) is 48.3 Å². The van der Waals surface area contributed by atoms with Gasteiger partial charge in [0.1, 0.15) is 6.04 Å². The molecule has 1 rings (SSSR count). The number of hydrogen-bond donors (Lipinski definition) is 1. The molecule has 6 heteroatoms. The van der Waals surface area contributed by atoms with E-state index in [4.69, 9.17) is 10.5 Å². The fourth-order valence-corrected chi connectivity index (χ4v) is 3.11. The van der Waals surface area contributed by atoms with Gasteiger partial charge in [-0.3, -0.25) is 4.79 Å². The lowest BCUT2D eigenvalue weighted by Crippen LogP contribution is -2.45. The van der Waals surface area contributed by atoms with Gasteiger partial charge in [0.05, 0.1) is 23.4 Å². The van der Waals surface area contributed by atoms with E-state index in [9.17, 15) is 4.79 Å². The Morgan fingerprint density at radius 2 is 2.05 bits per heavy atom. The third kappa shape index (κ3) is 3.77. The summed E-state index contributed by atoms with van der Waals surface area (Å²) in [6, 6.07) is -0.652. The molecule has 0 aliphatic heterocycles. The summed E-state index contributed by atoms with van der Waals surface area (Å²) in [6.45, 7) is 8.46. The van der Waals surface area contributed by atoms with Gasteiger partial charge >= 0.3 is 0 Å². The van der Waals surface area contributed by atoms with Crippen molar-refractivity contribution in [1.29, 1.82) is 0 Å². The molecule has 20 heavy (non-hydrogen) atoms. The minimum Gasteiger partial charge on any atom is -0.383 e. The highest BCUT2D eigenvalue weighted by Gasteiger charge is 2.26. The first kappa shape index (κ1) is 17.1. The molecule has 114 valence electrons. The van der Waals surface area contributed by atoms with Gasteiger partial charge < -0.3 is 15.4 Å². The molecule has 0 spiro atoms. The first-order chi connectivity index (χ1) is 9.29. The molecule has 0 saturated heterocycles. The van der Waals surface area contributed by atoms with Gasteiger partial charge in [-0.15, -0.1) is 11.3 Å². The second kappa shape index (κ2) is 7.15. The highest BCUT2D eigenvalue weighted by molar-refractivity contribution is 7.11. The van der Waals surface area contributed by atoms with Gasteiger partial charge in [-0.2, -0.15) is 0 Å². The van der Waals surface area contributed by atoms with Crippen molar-refractivity contribution in [2.24, 2.45) is 5.73 Å². The fraction of sp³-hybridized carbons (Fsp3) is 0.714. The average Bonchev–Trinajstić information content (AvgIpc) is 2.78. The zero-order chi connectivity index (χ0) is 15.4. The molecule has 0 aliphatic carbocycles. The third-order valence-corrected chi connectivity index (χ3v) is 4.94. The van der Waals surface area contributed by atoms with Crippen molar-refractivity contribution in [2.45, 2.75) is 45.7 Å².